The van der Waals surface area contributed by atoms with Gasteiger partial charge >= 0.3 is 5.97 Å². The quantitative estimate of drug-likeness (QED) is 0.379. The summed E-state index contributed by atoms with van der Waals surface area (Å²) in [5, 5.41) is 14.4. The summed E-state index contributed by atoms with van der Waals surface area (Å²) in [7, 11) is 0. The van der Waals surface area contributed by atoms with Crippen molar-refractivity contribution in [1.29, 1.82) is 0 Å². The number of carboxylic acid groups (broad SMARTS) is 1. The van der Waals surface area contributed by atoms with E-state index in [4.69, 9.17) is 39.8 Å². The number of carbonyl (C=O) groups is 2. The third-order valence-corrected chi connectivity index (χ3v) is 4.96. The molecule has 0 fully saturated rings. The van der Waals surface area contributed by atoms with Gasteiger partial charge in [-0.15, -0.1) is 0 Å². The van der Waals surface area contributed by atoms with E-state index in [0.717, 1.165) is 10.0 Å². The highest BCUT2D eigenvalue weighted by atomic mass is 79.9. The van der Waals surface area contributed by atoms with Gasteiger partial charge in [0.25, 0.3) is 5.91 Å². The van der Waals surface area contributed by atoms with Crippen molar-refractivity contribution in [2.24, 2.45) is 0 Å². The van der Waals surface area contributed by atoms with Crippen LogP contribution in [0.25, 0.3) is 11.3 Å². The molecule has 0 saturated heterocycles. The monoisotopic (exact) mass is 512 g/mol. The lowest BCUT2D eigenvalue weighted by Crippen LogP contribution is -2.34. The summed E-state index contributed by atoms with van der Waals surface area (Å²) < 4.78 is 6.49. The molecule has 148 valence electrons. The molecule has 3 N–H and O–H groups in total. The van der Waals surface area contributed by atoms with Gasteiger partial charge in [0.05, 0.1) is 16.3 Å². The van der Waals surface area contributed by atoms with Crippen molar-refractivity contribution in [1.82, 2.24) is 5.32 Å². The van der Waals surface area contributed by atoms with Gasteiger partial charge in [-0.05, 0) is 48.6 Å². The number of furan rings is 1. The van der Waals surface area contributed by atoms with Crippen LogP contribution in [-0.2, 0) is 0 Å². The number of rotatable bonds is 4. The summed E-state index contributed by atoms with van der Waals surface area (Å²) in [5.41, 5.74) is 0.630. The predicted octanol–water partition coefficient (Wildman–Crippen LogP) is 5.84. The molecule has 6 nitrogen and oxygen atoms in total. The van der Waals surface area contributed by atoms with Crippen LogP contribution in [0.3, 0.4) is 0 Å². The predicted molar refractivity (Wildman–Crippen MR) is 119 cm³/mol. The Morgan fingerprint density at radius 2 is 1.76 bits per heavy atom. The summed E-state index contributed by atoms with van der Waals surface area (Å²) in [5.74, 6) is -1.31. The molecule has 10 heteroatoms. The number of hydrogen-bond acceptors (Lipinski definition) is 4. The minimum Gasteiger partial charge on any atom is -0.478 e. The number of halogens is 3. The normalized spacial score (nSPS) is 10.4. The Morgan fingerprint density at radius 3 is 2.41 bits per heavy atom. The van der Waals surface area contributed by atoms with Crippen LogP contribution in [0, 0.1) is 0 Å². The zero-order valence-corrected chi connectivity index (χ0v) is 18.2. The minimum absolute atomic E-state index is 0.0175. The van der Waals surface area contributed by atoms with Crippen molar-refractivity contribution >= 4 is 74.0 Å². The van der Waals surface area contributed by atoms with E-state index < -0.39 is 11.9 Å². The first-order chi connectivity index (χ1) is 13.7. The maximum absolute atomic E-state index is 12.4. The topological polar surface area (TPSA) is 91.6 Å². The number of aromatic carboxylic acids is 1. The summed E-state index contributed by atoms with van der Waals surface area (Å²) in [6.07, 6.45) is 0. The van der Waals surface area contributed by atoms with Crippen molar-refractivity contribution in [3.63, 3.8) is 0 Å². The summed E-state index contributed by atoms with van der Waals surface area (Å²) >= 11 is 20.3. The van der Waals surface area contributed by atoms with E-state index in [0.29, 0.717) is 5.76 Å². The Hall–Kier alpha value is -2.39. The molecular formula is C19H11BrCl2N2O4S. The molecule has 0 aliphatic carbocycles. The standard InChI is InChI=1S/C19H11BrCl2N2O4S/c20-10-3-1-9(2-4-10)14-5-6-15(28-14)17(25)24-19(29)23-16-12(18(26)27)7-11(21)8-13(16)22/h1-8H,(H,26,27)(H2,23,24,25,29). The molecule has 1 aromatic heterocycles. The summed E-state index contributed by atoms with van der Waals surface area (Å²) in [6, 6.07) is 13.1. The molecule has 0 unspecified atom stereocenters. The summed E-state index contributed by atoms with van der Waals surface area (Å²) in [4.78, 5) is 23.8. The lowest BCUT2D eigenvalue weighted by Gasteiger charge is -2.13. The highest BCUT2D eigenvalue weighted by Gasteiger charge is 2.18. The van der Waals surface area contributed by atoms with Gasteiger partial charge in [-0.2, -0.15) is 0 Å². The maximum Gasteiger partial charge on any atom is 0.337 e. The Bertz CT molecular complexity index is 1120. The number of thiocarbonyl (C=S) groups is 1. The average molecular weight is 514 g/mol. The zero-order valence-electron chi connectivity index (χ0n) is 14.3. The number of carbonyl (C=O) groups excluding carboxylic acids is 1. The second-order valence-electron chi connectivity index (χ2n) is 5.69. The smallest absolute Gasteiger partial charge is 0.337 e. The highest BCUT2D eigenvalue weighted by molar-refractivity contribution is 9.10. The van der Waals surface area contributed by atoms with E-state index in [1.807, 2.05) is 24.3 Å². The van der Waals surface area contributed by atoms with E-state index in [1.165, 1.54) is 18.2 Å². The van der Waals surface area contributed by atoms with Crippen LogP contribution in [0.1, 0.15) is 20.9 Å². The molecule has 3 aromatic rings. The lowest BCUT2D eigenvalue weighted by atomic mass is 10.2. The molecular weight excluding hydrogens is 503 g/mol. The molecule has 1 amide bonds. The van der Waals surface area contributed by atoms with Crippen molar-refractivity contribution in [3.05, 3.63) is 74.4 Å². The van der Waals surface area contributed by atoms with Gasteiger partial charge in [0.15, 0.2) is 10.9 Å². The molecule has 1 heterocycles. The van der Waals surface area contributed by atoms with Gasteiger partial charge < -0.3 is 14.8 Å². The Labute approximate surface area is 188 Å². The van der Waals surface area contributed by atoms with Crippen molar-refractivity contribution in [2.45, 2.75) is 0 Å². The minimum atomic E-state index is -1.25. The number of anilines is 1. The third-order valence-electron chi connectivity index (χ3n) is 3.71. The molecule has 0 aliphatic heterocycles. The number of carboxylic acids is 1. The second kappa shape index (κ2) is 8.96. The van der Waals surface area contributed by atoms with E-state index in [-0.39, 0.29) is 32.2 Å². The van der Waals surface area contributed by atoms with Gasteiger partial charge in [-0.3, -0.25) is 10.1 Å². The van der Waals surface area contributed by atoms with Crippen LogP contribution in [-0.4, -0.2) is 22.1 Å². The zero-order chi connectivity index (χ0) is 21.1. The molecule has 3 rings (SSSR count). The molecule has 29 heavy (non-hydrogen) atoms. The molecule has 0 atom stereocenters. The van der Waals surface area contributed by atoms with Crippen LogP contribution in [0.15, 0.2) is 57.4 Å². The third kappa shape index (κ3) is 5.16. The Kier molecular flexibility index (Phi) is 6.59. The van der Waals surface area contributed by atoms with Crippen molar-refractivity contribution in [2.75, 3.05) is 5.32 Å². The fraction of sp³-hybridized carbons (Fsp3) is 0. The molecule has 0 bridgehead atoms. The highest BCUT2D eigenvalue weighted by Crippen LogP contribution is 2.30. The van der Waals surface area contributed by atoms with Crippen LogP contribution in [0.2, 0.25) is 10.0 Å². The van der Waals surface area contributed by atoms with E-state index in [2.05, 4.69) is 26.6 Å². The molecule has 0 aliphatic rings. The van der Waals surface area contributed by atoms with Crippen LogP contribution in [0.4, 0.5) is 5.69 Å². The first-order valence-electron chi connectivity index (χ1n) is 7.95. The van der Waals surface area contributed by atoms with Crippen LogP contribution in [0.5, 0.6) is 0 Å². The van der Waals surface area contributed by atoms with Crippen LogP contribution < -0.4 is 10.6 Å². The first kappa shape index (κ1) is 21.3. The van der Waals surface area contributed by atoms with Crippen LogP contribution >= 0.6 is 51.3 Å². The van der Waals surface area contributed by atoms with Gasteiger partial charge in [0.2, 0.25) is 0 Å². The number of nitrogens with one attached hydrogen (secondary N) is 2. The Morgan fingerprint density at radius 1 is 1.07 bits per heavy atom. The lowest BCUT2D eigenvalue weighted by molar-refractivity contribution is 0.0697. The van der Waals surface area contributed by atoms with Gasteiger partial charge in [-0.1, -0.05) is 51.3 Å². The van der Waals surface area contributed by atoms with E-state index in [9.17, 15) is 14.7 Å². The summed E-state index contributed by atoms with van der Waals surface area (Å²) in [6.45, 7) is 0. The SMILES string of the molecule is O=C(NC(=S)Nc1c(Cl)cc(Cl)cc1C(=O)O)c1ccc(-c2ccc(Br)cc2)o1. The number of amides is 1. The fourth-order valence-corrected chi connectivity index (χ4v) is 3.41. The first-order valence-corrected chi connectivity index (χ1v) is 9.91. The van der Waals surface area contributed by atoms with E-state index >= 15 is 0 Å². The number of hydrogen-bond donors (Lipinski definition) is 3. The fourth-order valence-electron chi connectivity index (χ4n) is 2.41. The van der Waals surface area contributed by atoms with Gasteiger partial charge in [0.1, 0.15) is 5.76 Å². The molecule has 0 radical (unpaired) electrons. The molecule has 2 aromatic carbocycles. The average Bonchev–Trinajstić information content (AvgIpc) is 3.14. The van der Waals surface area contributed by atoms with E-state index in [1.54, 1.807) is 6.07 Å². The van der Waals surface area contributed by atoms with Crippen molar-refractivity contribution < 1.29 is 19.1 Å². The largest absolute Gasteiger partial charge is 0.478 e. The molecule has 0 spiro atoms. The second-order valence-corrected chi connectivity index (χ2v) is 7.86. The number of benzene rings is 2. The van der Waals surface area contributed by atoms with Gasteiger partial charge in [-0.25, -0.2) is 4.79 Å². The van der Waals surface area contributed by atoms with Crippen molar-refractivity contribution in [3.8, 4) is 11.3 Å². The molecule has 0 saturated carbocycles. The maximum atomic E-state index is 12.4. The Balaban J connectivity index is 1.73. The van der Waals surface area contributed by atoms with Gasteiger partial charge in [0, 0.05) is 15.1 Å².